The van der Waals surface area contributed by atoms with E-state index >= 15 is 0 Å². The van der Waals surface area contributed by atoms with Crippen LogP contribution in [0.3, 0.4) is 0 Å². The number of ether oxygens (including phenoxy) is 2. The molecule has 2 aromatic heterocycles. The highest BCUT2D eigenvalue weighted by Crippen LogP contribution is 2.49. The van der Waals surface area contributed by atoms with Crippen molar-refractivity contribution in [1.29, 1.82) is 0 Å². The number of carboxylic acids is 1. The van der Waals surface area contributed by atoms with Gasteiger partial charge in [0.15, 0.2) is 11.5 Å². The second kappa shape index (κ2) is 10.2. The van der Waals surface area contributed by atoms with Crippen molar-refractivity contribution in [2.75, 3.05) is 13.1 Å². The minimum absolute atomic E-state index is 0.0439. The predicted octanol–water partition coefficient (Wildman–Crippen LogP) is 6.29. The minimum Gasteiger partial charge on any atom is -0.477 e. The van der Waals surface area contributed by atoms with Crippen molar-refractivity contribution in [2.45, 2.75) is 44.9 Å². The number of nitrogens with one attached hydrogen (secondary N) is 1. The van der Waals surface area contributed by atoms with Crippen molar-refractivity contribution in [3.63, 3.8) is 0 Å². The number of hydrogen-bond acceptors (Lipinski definition) is 6. The first-order chi connectivity index (χ1) is 19.2. The quantitative estimate of drug-likeness (QED) is 0.284. The number of piperidine rings is 1. The molecule has 0 radical (unpaired) electrons. The number of nitrogens with zero attached hydrogens (tertiary/aromatic N) is 3. The van der Waals surface area contributed by atoms with Crippen LogP contribution in [-0.4, -0.2) is 44.2 Å². The fourth-order valence-corrected chi connectivity index (χ4v) is 5.70. The summed E-state index contributed by atoms with van der Waals surface area (Å²) in [5.74, 6) is -1.21. The van der Waals surface area contributed by atoms with Gasteiger partial charge in [-0.2, -0.15) is 5.10 Å². The Hall–Kier alpha value is -3.95. The number of pyridine rings is 1. The lowest BCUT2D eigenvalue weighted by atomic mass is 9.88. The number of aromatic carboxylic acids is 1. The molecule has 0 saturated carbocycles. The van der Waals surface area contributed by atoms with Gasteiger partial charge in [0, 0.05) is 35.8 Å². The number of fused-ring (bicyclic) bond motifs is 1. The number of carbonyl (C=O) groups is 1. The lowest BCUT2D eigenvalue weighted by Gasteiger charge is -2.32. The second-order valence-corrected chi connectivity index (χ2v) is 10.9. The molecule has 2 aliphatic heterocycles. The van der Waals surface area contributed by atoms with Crippen LogP contribution < -0.4 is 9.47 Å². The van der Waals surface area contributed by atoms with Crippen molar-refractivity contribution < 1.29 is 23.8 Å². The van der Waals surface area contributed by atoms with Crippen LogP contribution in [0.1, 0.15) is 58.6 Å². The van der Waals surface area contributed by atoms with E-state index in [1.165, 1.54) is 12.1 Å². The van der Waals surface area contributed by atoms with Crippen LogP contribution in [0, 0.1) is 12.7 Å². The van der Waals surface area contributed by atoms with Crippen molar-refractivity contribution in [3.8, 4) is 22.8 Å². The van der Waals surface area contributed by atoms with E-state index < -0.39 is 17.6 Å². The average Bonchev–Trinajstić information content (AvgIpc) is 3.55. The molecular weight excluding hydrogens is 535 g/mol. The third-order valence-corrected chi connectivity index (χ3v) is 7.96. The van der Waals surface area contributed by atoms with E-state index in [2.05, 4.69) is 26.1 Å². The summed E-state index contributed by atoms with van der Waals surface area (Å²) in [6.07, 6.45) is 3.62. The number of carboxylic acid groups (broad SMARTS) is 1. The lowest BCUT2D eigenvalue weighted by molar-refractivity contribution is -0.0712. The van der Waals surface area contributed by atoms with Crippen LogP contribution in [0.15, 0.2) is 54.7 Å². The molecule has 206 valence electrons. The summed E-state index contributed by atoms with van der Waals surface area (Å²) in [7, 11) is 0. The number of H-pyrrole nitrogens is 1. The summed E-state index contributed by atoms with van der Waals surface area (Å²) in [4.78, 5) is 18.2. The average molecular weight is 563 g/mol. The SMILES string of the molecule is Cc1cc(-c2cc(C(=O)O)[nH]n2)cnc1CN1CCC(c2cccc3c2O[C@@](C)(c2ccc(Cl)cc2F)O3)CC1. The highest BCUT2D eigenvalue weighted by molar-refractivity contribution is 6.30. The molecule has 0 aliphatic carbocycles. The summed E-state index contributed by atoms with van der Waals surface area (Å²) < 4.78 is 27.2. The molecule has 2 aromatic carbocycles. The van der Waals surface area contributed by atoms with E-state index in [-0.39, 0.29) is 11.6 Å². The van der Waals surface area contributed by atoms with Gasteiger partial charge in [0.1, 0.15) is 11.5 Å². The van der Waals surface area contributed by atoms with Gasteiger partial charge >= 0.3 is 5.97 Å². The molecule has 4 heterocycles. The van der Waals surface area contributed by atoms with Crippen molar-refractivity contribution in [3.05, 3.63) is 93.6 Å². The van der Waals surface area contributed by atoms with Crippen molar-refractivity contribution in [1.82, 2.24) is 20.1 Å². The molecule has 2 N–H and O–H groups in total. The monoisotopic (exact) mass is 562 g/mol. The highest BCUT2D eigenvalue weighted by atomic mass is 35.5. The number of benzene rings is 2. The Bertz CT molecular complexity index is 1600. The zero-order valence-electron chi connectivity index (χ0n) is 22.1. The molecule has 1 fully saturated rings. The van der Waals surface area contributed by atoms with E-state index in [0.29, 0.717) is 27.8 Å². The Morgan fingerprint density at radius 2 is 2.00 bits per heavy atom. The van der Waals surface area contributed by atoms with Crippen LogP contribution in [0.2, 0.25) is 5.02 Å². The Morgan fingerprint density at radius 1 is 1.20 bits per heavy atom. The molecule has 0 unspecified atom stereocenters. The number of rotatable bonds is 6. The largest absolute Gasteiger partial charge is 0.477 e. The highest BCUT2D eigenvalue weighted by Gasteiger charge is 2.43. The van der Waals surface area contributed by atoms with Crippen molar-refractivity contribution in [2.24, 2.45) is 0 Å². The third-order valence-electron chi connectivity index (χ3n) is 7.72. The molecule has 8 nitrogen and oxygen atoms in total. The van der Waals surface area contributed by atoms with Gasteiger partial charge in [0.05, 0.1) is 17.0 Å². The third kappa shape index (κ3) is 4.91. The molecule has 4 aromatic rings. The Morgan fingerprint density at radius 3 is 2.70 bits per heavy atom. The van der Waals surface area contributed by atoms with Crippen LogP contribution in [0.4, 0.5) is 4.39 Å². The first-order valence-electron chi connectivity index (χ1n) is 13.1. The summed E-state index contributed by atoms with van der Waals surface area (Å²) in [5, 5.41) is 16.1. The van der Waals surface area contributed by atoms with Gasteiger partial charge < -0.3 is 14.6 Å². The van der Waals surface area contributed by atoms with E-state index in [0.717, 1.165) is 54.9 Å². The van der Waals surface area contributed by atoms with Gasteiger partial charge in [-0.3, -0.25) is 15.0 Å². The van der Waals surface area contributed by atoms with Crippen LogP contribution in [0.5, 0.6) is 11.5 Å². The fourth-order valence-electron chi connectivity index (χ4n) is 5.54. The maximum atomic E-state index is 14.7. The maximum Gasteiger partial charge on any atom is 0.353 e. The normalized spacial score (nSPS) is 19.2. The maximum absolute atomic E-state index is 14.7. The molecule has 0 bridgehead atoms. The number of likely N-dealkylation sites (tertiary alicyclic amines) is 1. The number of aromatic amines is 1. The van der Waals surface area contributed by atoms with Crippen LogP contribution >= 0.6 is 11.6 Å². The molecule has 10 heteroatoms. The zero-order chi connectivity index (χ0) is 28.0. The predicted molar refractivity (Wildman–Crippen MR) is 147 cm³/mol. The molecule has 6 rings (SSSR count). The summed E-state index contributed by atoms with van der Waals surface area (Å²) in [5.41, 5.74) is 4.76. The van der Waals surface area contributed by atoms with Gasteiger partial charge in [-0.15, -0.1) is 0 Å². The van der Waals surface area contributed by atoms with Crippen LogP contribution in [0.25, 0.3) is 11.3 Å². The van der Waals surface area contributed by atoms with Crippen molar-refractivity contribution >= 4 is 17.6 Å². The molecule has 0 amide bonds. The van der Waals surface area contributed by atoms with Gasteiger partial charge in [0.2, 0.25) is 0 Å². The number of aromatic nitrogens is 3. The van der Waals surface area contributed by atoms with E-state index in [1.807, 2.05) is 25.1 Å². The standard InChI is InChI=1S/C30H28ClFN4O4/c1-17-12-19(24-14-25(29(37)38)35-34-24)15-33-26(17)16-36-10-8-18(9-11-36)21-4-3-5-27-28(21)40-30(2,39-27)22-7-6-20(31)13-23(22)32/h3-7,12-15,18H,8-11,16H2,1-2H3,(H,34,35)(H,37,38)/t30-/m0/s1. The molecule has 1 saturated heterocycles. The summed E-state index contributed by atoms with van der Waals surface area (Å²) >= 11 is 5.95. The Labute approximate surface area is 235 Å². The number of halogens is 2. The Balaban J connectivity index is 1.12. The topological polar surface area (TPSA) is 101 Å². The smallest absolute Gasteiger partial charge is 0.353 e. The van der Waals surface area contributed by atoms with Crippen LogP contribution in [-0.2, 0) is 12.3 Å². The van der Waals surface area contributed by atoms with E-state index in [4.69, 9.17) is 26.2 Å². The van der Waals surface area contributed by atoms with Gasteiger partial charge in [-0.25, -0.2) is 9.18 Å². The second-order valence-electron chi connectivity index (χ2n) is 10.5. The van der Waals surface area contributed by atoms with E-state index in [1.54, 1.807) is 25.3 Å². The zero-order valence-corrected chi connectivity index (χ0v) is 22.8. The number of para-hydroxylation sites is 1. The van der Waals surface area contributed by atoms with Gasteiger partial charge in [0.25, 0.3) is 5.79 Å². The van der Waals surface area contributed by atoms with E-state index in [9.17, 15) is 9.18 Å². The van der Waals surface area contributed by atoms with Gasteiger partial charge in [-0.05, 0) is 80.7 Å². The molecule has 40 heavy (non-hydrogen) atoms. The minimum atomic E-state index is -1.27. The first kappa shape index (κ1) is 26.3. The number of aryl methyl sites for hydroxylation is 1. The lowest BCUT2D eigenvalue weighted by Crippen LogP contribution is -2.34. The number of hydrogen-bond donors (Lipinski definition) is 2. The molecular formula is C30H28ClFN4O4. The summed E-state index contributed by atoms with van der Waals surface area (Å²) in [6.45, 7) is 6.24. The Kier molecular flexibility index (Phi) is 6.72. The first-order valence-corrected chi connectivity index (χ1v) is 13.5. The van der Waals surface area contributed by atoms with Gasteiger partial charge in [-0.1, -0.05) is 23.7 Å². The molecule has 0 spiro atoms. The fraction of sp³-hybridized carbons (Fsp3) is 0.300. The summed E-state index contributed by atoms with van der Waals surface area (Å²) in [6, 6.07) is 13.9. The molecule has 1 atom stereocenters. The molecule has 2 aliphatic rings.